The molecule has 1 aromatic rings. The van der Waals surface area contributed by atoms with Crippen molar-refractivity contribution in [3.05, 3.63) is 23.7 Å². The van der Waals surface area contributed by atoms with E-state index < -0.39 is 0 Å². The molecule has 0 radical (unpaired) electrons. The number of carbonyl (C=O) groups is 1. The zero-order valence-electron chi connectivity index (χ0n) is 11.2. The van der Waals surface area contributed by atoms with Crippen LogP contribution in [-0.2, 0) is 6.54 Å². The summed E-state index contributed by atoms with van der Waals surface area (Å²) in [7, 11) is 0. The molecule has 5 nitrogen and oxygen atoms in total. The van der Waals surface area contributed by atoms with Crippen molar-refractivity contribution in [3.8, 4) is 0 Å². The van der Waals surface area contributed by atoms with Gasteiger partial charge in [0.25, 0.3) is 5.91 Å². The van der Waals surface area contributed by atoms with Gasteiger partial charge in [0.2, 0.25) is 0 Å². The maximum absolute atomic E-state index is 11.7. The zero-order chi connectivity index (χ0) is 13.4. The van der Waals surface area contributed by atoms with Crippen LogP contribution in [0.5, 0.6) is 0 Å². The van der Waals surface area contributed by atoms with Gasteiger partial charge in [-0.1, -0.05) is 13.8 Å². The molecule has 1 amide bonds. The third kappa shape index (κ3) is 4.50. The Kier molecular flexibility index (Phi) is 6.46. The molecule has 3 N–H and O–H groups in total. The molecular formula is C13H23N3O2. The molecule has 0 atom stereocenters. The first kappa shape index (κ1) is 14.7. The van der Waals surface area contributed by atoms with Crippen molar-refractivity contribution in [2.24, 2.45) is 5.73 Å². The van der Waals surface area contributed by atoms with Crippen LogP contribution in [0.2, 0.25) is 0 Å². The maximum atomic E-state index is 11.7. The quantitative estimate of drug-likeness (QED) is 0.730. The lowest BCUT2D eigenvalue weighted by Crippen LogP contribution is -2.35. The van der Waals surface area contributed by atoms with E-state index in [2.05, 4.69) is 24.1 Å². The van der Waals surface area contributed by atoms with Crippen molar-refractivity contribution in [2.45, 2.75) is 26.8 Å². The lowest BCUT2D eigenvalue weighted by Gasteiger charge is -2.19. The summed E-state index contributed by atoms with van der Waals surface area (Å²) in [5.41, 5.74) is 5.42. The van der Waals surface area contributed by atoms with Gasteiger partial charge in [0.15, 0.2) is 5.76 Å². The van der Waals surface area contributed by atoms with Crippen molar-refractivity contribution in [1.82, 2.24) is 10.2 Å². The number of hydrogen-bond acceptors (Lipinski definition) is 4. The highest BCUT2D eigenvalue weighted by molar-refractivity contribution is 5.91. The molecule has 0 spiro atoms. The molecule has 0 aliphatic heterocycles. The minimum atomic E-state index is -0.178. The summed E-state index contributed by atoms with van der Waals surface area (Å²) in [6, 6.07) is 3.38. The van der Waals surface area contributed by atoms with Crippen molar-refractivity contribution in [3.63, 3.8) is 0 Å². The highest BCUT2D eigenvalue weighted by Crippen LogP contribution is 2.06. The van der Waals surface area contributed by atoms with Crippen molar-refractivity contribution in [1.29, 1.82) is 0 Å². The lowest BCUT2D eigenvalue weighted by molar-refractivity contribution is 0.0919. The SMILES string of the molecule is CCCN(CC)CCNC(=O)c1ccc(CN)o1. The Labute approximate surface area is 108 Å². The maximum Gasteiger partial charge on any atom is 0.287 e. The van der Waals surface area contributed by atoms with E-state index >= 15 is 0 Å². The first-order valence-corrected chi connectivity index (χ1v) is 6.50. The van der Waals surface area contributed by atoms with Gasteiger partial charge in [0.05, 0.1) is 6.54 Å². The van der Waals surface area contributed by atoms with Crippen LogP contribution in [0.4, 0.5) is 0 Å². The third-order valence-electron chi connectivity index (χ3n) is 2.79. The molecule has 1 heterocycles. The number of nitrogens with one attached hydrogen (secondary N) is 1. The van der Waals surface area contributed by atoms with E-state index in [-0.39, 0.29) is 5.91 Å². The number of nitrogens with two attached hydrogens (primary N) is 1. The van der Waals surface area contributed by atoms with Crippen LogP contribution in [0.25, 0.3) is 0 Å². The number of carbonyl (C=O) groups excluding carboxylic acids is 1. The van der Waals surface area contributed by atoms with Crippen LogP contribution in [-0.4, -0.2) is 37.0 Å². The Morgan fingerprint density at radius 2 is 2.17 bits per heavy atom. The second-order valence-corrected chi connectivity index (χ2v) is 4.16. The van der Waals surface area contributed by atoms with Crippen LogP contribution in [0, 0.1) is 0 Å². The van der Waals surface area contributed by atoms with Gasteiger partial charge in [0.1, 0.15) is 5.76 Å². The Morgan fingerprint density at radius 3 is 2.72 bits per heavy atom. The molecule has 0 fully saturated rings. The first-order chi connectivity index (χ1) is 8.71. The average molecular weight is 253 g/mol. The van der Waals surface area contributed by atoms with E-state index in [9.17, 15) is 4.79 Å². The highest BCUT2D eigenvalue weighted by Gasteiger charge is 2.10. The van der Waals surface area contributed by atoms with E-state index in [4.69, 9.17) is 10.2 Å². The summed E-state index contributed by atoms with van der Waals surface area (Å²) in [5.74, 6) is 0.776. The molecule has 5 heteroatoms. The fourth-order valence-electron chi connectivity index (χ4n) is 1.77. The molecule has 0 saturated carbocycles. The minimum Gasteiger partial charge on any atom is -0.455 e. The molecule has 1 aromatic heterocycles. The molecule has 102 valence electrons. The second-order valence-electron chi connectivity index (χ2n) is 4.16. The summed E-state index contributed by atoms with van der Waals surface area (Å²) in [6.45, 7) is 8.14. The normalized spacial score (nSPS) is 10.9. The number of furan rings is 1. The van der Waals surface area contributed by atoms with Gasteiger partial charge >= 0.3 is 0 Å². The second kappa shape index (κ2) is 7.89. The van der Waals surface area contributed by atoms with Crippen LogP contribution >= 0.6 is 0 Å². The lowest BCUT2D eigenvalue weighted by atomic mass is 10.3. The number of likely N-dealkylation sites (N-methyl/N-ethyl adjacent to an activating group) is 1. The predicted molar refractivity (Wildman–Crippen MR) is 71.3 cm³/mol. The van der Waals surface area contributed by atoms with E-state index in [0.717, 1.165) is 26.1 Å². The number of rotatable bonds is 8. The van der Waals surface area contributed by atoms with Gasteiger partial charge in [-0.2, -0.15) is 0 Å². The van der Waals surface area contributed by atoms with Crippen molar-refractivity contribution >= 4 is 5.91 Å². The summed E-state index contributed by atoms with van der Waals surface area (Å²) in [4.78, 5) is 14.0. The summed E-state index contributed by atoms with van der Waals surface area (Å²) in [6.07, 6.45) is 1.12. The Morgan fingerprint density at radius 1 is 1.39 bits per heavy atom. The summed E-state index contributed by atoms with van der Waals surface area (Å²) in [5, 5.41) is 2.84. The smallest absolute Gasteiger partial charge is 0.287 e. The molecule has 18 heavy (non-hydrogen) atoms. The fourth-order valence-corrected chi connectivity index (χ4v) is 1.77. The molecule has 1 rings (SSSR count). The molecular weight excluding hydrogens is 230 g/mol. The van der Waals surface area contributed by atoms with Gasteiger partial charge in [-0.3, -0.25) is 4.79 Å². The highest BCUT2D eigenvalue weighted by atomic mass is 16.4. The minimum absolute atomic E-state index is 0.178. The summed E-state index contributed by atoms with van der Waals surface area (Å²) < 4.78 is 5.28. The zero-order valence-corrected chi connectivity index (χ0v) is 11.2. The predicted octanol–water partition coefficient (Wildman–Crippen LogP) is 1.20. The monoisotopic (exact) mass is 253 g/mol. The van der Waals surface area contributed by atoms with Crippen LogP contribution < -0.4 is 11.1 Å². The van der Waals surface area contributed by atoms with E-state index in [1.807, 2.05) is 0 Å². The number of hydrogen-bond donors (Lipinski definition) is 2. The first-order valence-electron chi connectivity index (χ1n) is 6.50. The van der Waals surface area contributed by atoms with Gasteiger partial charge in [-0.25, -0.2) is 0 Å². The van der Waals surface area contributed by atoms with Crippen LogP contribution in [0.3, 0.4) is 0 Å². The Hall–Kier alpha value is -1.33. The summed E-state index contributed by atoms with van der Waals surface area (Å²) >= 11 is 0. The molecule has 0 unspecified atom stereocenters. The van der Waals surface area contributed by atoms with Crippen LogP contribution in [0.15, 0.2) is 16.5 Å². The molecule has 0 aliphatic carbocycles. The Bertz CT molecular complexity index is 363. The fraction of sp³-hybridized carbons (Fsp3) is 0.615. The van der Waals surface area contributed by atoms with Gasteiger partial charge in [-0.15, -0.1) is 0 Å². The van der Waals surface area contributed by atoms with Crippen molar-refractivity contribution < 1.29 is 9.21 Å². The van der Waals surface area contributed by atoms with E-state index in [0.29, 0.717) is 24.6 Å². The number of amides is 1. The molecule has 0 aliphatic rings. The van der Waals surface area contributed by atoms with Gasteiger partial charge in [-0.05, 0) is 31.6 Å². The third-order valence-corrected chi connectivity index (χ3v) is 2.79. The molecule has 0 bridgehead atoms. The topological polar surface area (TPSA) is 71.5 Å². The largest absolute Gasteiger partial charge is 0.455 e. The van der Waals surface area contributed by atoms with Gasteiger partial charge in [0, 0.05) is 13.1 Å². The number of nitrogens with zero attached hydrogens (tertiary/aromatic N) is 1. The Balaban J connectivity index is 2.32. The van der Waals surface area contributed by atoms with Crippen molar-refractivity contribution in [2.75, 3.05) is 26.2 Å². The molecule has 0 aromatic carbocycles. The van der Waals surface area contributed by atoms with Gasteiger partial charge < -0.3 is 20.4 Å². The average Bonchev–Trinajstić information content (AvgIpc) is 2.86. The standard InChI is InChI=1S/C13H23N3O2/c1-3-8-16(4-2)9-7-15-13(17)12-6-5-11(10-14)18-12/h5-6H,3-4,7-10,14H2,1-2H3,(H,15,17). The van der Waals surface area contributed by atoms with Crippen LogP contribution in [0.1, 0.15) is 36.6 Å². The molecule has 0 saturated heterocycles. The van der Waals surface area contributed by atoms with E-state index in [1.165, 1.54) is 0 Å². The van der Waals surface area contributed by atoms with E-state index in [1.54, 1.807) is 12.1 Å².